The Hall–Kier alpha value is 0.905. The van der Waals surface area contributed by atoms with Gasteiger partial charge in [0.1, 0.15) is 0 Å². The molecule has 0 unspecified atom stereocenters. The predicted molar refractivity (Wildman–Crippen MR) is 18.6 cm³/mol. The van der Waals surface area contributed by atoms with Gasteiger partial charge < -0.3 is 22.6 Å². The summed E-state index contributed by atoms with van der Waals surface area (Å²) in [4.78, 5) is 0. The molecule has 0 aliphatic rings. The Kier molecular flexibility index (Phi) is 8500. The van der Waals surface area contributed by atoms with E-state index in [1.807, 2.05) is 0 Å². The fourth-order valence-electron chi connectivity index (χ4n) is 0. The molecule has 0 aromatic rings. The van der Waals surface area contributed by atoms with Gasteiger partial charge in [-0.3, -0.25) is 0 Å². The minimum atomic E-state index is 0. The Morgan fingerprint density at radius 1 is 0.500 bits per heavy atom. The molecule has 0 rings (SSSR count). The molecule has 32 valence electrons. The summed E-state index contributed by atoms with van der Waals surface area (Å²) in [5, 5.41) is 0. The average Bonchev–Trinajstić information content (AvgIpc) is 0. The molecule has 0 aliphatic carbocycles. The molecule has 4 nitrogen and oxygen atoms in total. The van der Waals surface area contributed by atoms with Crippen LogP contribution >= 0.6 is 0 Å². The van der Waals surface area contributed by atoms with E-state index in [9.17, 15) is 0 Å². The summed E-state index contributed by atoms with van der Waals surface area (Å²) in [7, 11) is 0. The quantitative estimate of drug-likeness (QED) is 0.406. The summed E-state index contributed by atoms with van der Waals surface area (Å²) >= 11 is 0. The molecule has 0 aromatic carbocycles. The van der Waals surface area contributed by atoms with Crippen molar-refractivity contribution >= 4 is 34.7 Å². The second kappa shape index (κ2) is 173. The maximum absolute atomic E-state index is 0. The normalized spacial score (nSPS) is 0. The van der Waals surface area contributed by atoms with E-state index in [2.05, 4.69) is 0 Å². The SMILES string of the molecule is N.[Al+3].[Al+3].[O-2].[O-2].[O-2]. The van der Waals surface area contributed by atoms with Crippen LogP contribution in [0.4, 0.5) is 0 Å². The van der Waals surface area contributed by atoms with Gasteiger partial charge in [-0.2, -0.15) is 0 Å². The van der Waals surface area contributed by atoms with E-state index < -0.39 is 0 Å². The van der Waals surface area contributed by atoms with Gasteiger partial charge in [0, 0.05) is 0 Å². The molecule has 0 spiro atoms. The topological polar surface area (TPSA) is 120 Å². The van der Waals surface area contributed by atoms with Crippen molar-refractivity contribution in [3.8, 4) is 0 Å². The van der Waals surface area contributed by atoms with Gasteiger partial charge in [0.05, 0.1) is 0 Å². The van der Waals surface area contributed by atoms with Crippen LogP contribution in [0.1, 0.15) is 0 Å². The minimum Gasteiger partial charge on any atom is -2.00 e. The van der Waals surface area contributed by atoms with E-state index in [-0.39, 0.29) is 57.3 Å². The summed E-state index contributed by atoms with van der Waals surface area (Å²) in [6, 6.07) is 0. The van der Waals surface area contributed by atoms with Gasteiger partial charge in [0.25, 0.3) is 0 Å². The summed E-state index contributed by atoms with van der Waals surface area (Å²) < 4.78 is 0. The van der Waals surface area contributed by atoms with Crippen LogP contribution in [-0.4, -0.2) is 34.7 Å². The minimum absolute atomic E-state index is 0. The van der Waals surface area contributed by atoms with Gasteiger partial charge in [-0.15, -0.1) is 0 Å². The molecule has 0 bridgehead atoms. The number of hydrogen-bond acceptors (Lipinski definition) is 1. The van der Waals surface area contributed by atoms with E-state index in [4.69, 9.17) is 0 Å². The Bertz CT molecular complexity index is 8.75. The summed E-state index contributed by atoms with van der Waals surface area (Å²) in [6.07, 6.45) is 0. The van der Waals surface area contributed by atoms with Crippen LogP contribution in [0.15, 0.2) is 0 Å². The molecule has 0 aliphatic heterocycles. The van der Waals surface area contributed by atoms with Crippen LogP contribution in [0.25, 0.3) is 0 Å². The van der Waals surface area contributed by atoms with Crippen LogP contribution in [0, 0.1) is 0 Å². The molecule has 0 radical (unpaired) electrons. The van der Waals surface area contributed by atoms with Crippen LogP contribution < -0.4 is 6.15 Å². The van der Waals surface area contributed by atoms with Gasteiger partial charge >= 0.3 is 34.7 Å². The molecule has 0 saturated carbocycles. The second-order valence-electron chi connectivity index (χ2n) is 0. The molecule has 0 amide bonds. The first-order chi connectivity index (χ1) is 0. The maximum Gasteiger partial charge on any atom is 3.00 e. The van der Waals surface area contributed by atoms with Gasteiger partial charge in [-0.1, -0.05) is 0 Å². The molecule has 6 heteroatoms. The maximum atomic E-state index is 0. The van der Waals surface area contributed by atoms with Crippen LogP contribution in [0.2, 0.25) is 0 Å². The van der Waals surface area contributed by atoms with Gasteiger partial charge in [0.15, 0.2) is 0 Å². The number of hydrogen-bond donors (Lipinski definition) is 1. The zero-order valence-electron chi connectivity index (χ0n) is 3.09. The third kappa shape index (κ3) is 91.3. The average molecular weight is 119 g/mol. The smallest absolute Gasteiger partial charge is 2.00 e. The van der Waals surface area contributed by atoms with Gasteiger partial charge in [-0.05, 0) is 0 Å². The first-order valence-electron chi connectivity index (χ1n) is 0. The van der Waals surface area contributed by atoms with Crippen molar-refractivity contribution in [2.75, 3.05) is 0 Å². The number of rotatable bonds is 0. The van der Waals surface area contributed by atoms with Crippen molar-refractivity contribution in [1.82, 2.24) is 6.15 Å². The standard InChI is InChI=1S/2Al.H3N.3O/h;;1H3;;;/q2*+3;;3*-2. The molecule has 0 atom stereocenters. The summed E-state index contributed by atoms with van der Waals surface area (Å²) in [5.74, 6) is 0. The van der Waals surface area contributed by atoms with Crippen molar-refractivity contribution < 1.29 is 16.4 Å². The van der Waals surface area contributed by atoms with Crippen molar-refractivity contribution in [1.29, 1.82) is 0 Å². The van der Waals surface area contributed by atoms with E-state index in [1.54, 1.807) is 0 Å². The largest absolute Gasteiger partial charge is 3.00 e. The monoisotopic (exact) mass is 119 g/mol. The third-order valence-corrected chi connectivity index (χ3v) is 0. The van der Waals surface area contributed by atoms with E-state index in [1.165, 1.54) is 0 Å². The molecule has 0 fully saturated rings. The summed E-state index contributed by atoms with van der Waals surface area (Å²) in [6.45, 7) is 0. The molecule has 0 heterocycles. The van der Waals surface area contributed by atoms with Crippen LogP contribution in [0.3, 0.4) is 0 Å². The fraction of sp³-hybridized carbons (Fsp3) is 0. The first kappa shape index (κ1) is 294. The van der Waals surface area contributed by atoms with Crippen molar-refractivity contribution in [3.63, 3.8) is 0 Å². The van der Waals surface area contributed by atoms with Crippen molar-refractivity contribution in [3.05, 3.63) is 0 Å². The zero-order chi connectivity index (χ0) is 0. The van der Waals surface area contributed by atoms with Crippen LogP contribution in [-0.2, 0) is 16.4 Å². The predicted octanol–water partition coefficient (Wildman–Crippen LogP) is -0.956. The first-order valence-corrected chi connectivity index (χ1v) is 0. The van der Waals surface area contributed by atoms with Gasteiger partial charge in [-0.25, -0.2) is 0 Å². The molecule has 0 saturated heterocycles. The van der Waals surface area contributed by atoms with E-state index >= 15 is 0 Å². The summed E-state index contributed by atoms with van der Waals surface area (Å²) in [5.41, 5.74) is 0. The molecule has 0 aromatic heterocycles. The molecular weight excluding hydrogens is 116 g/mol. The van der Waals surface area contributed by atoms with Crippen LogP contribution in [0.5, 0.6) is 0 Å². The third-order valence-electron chi connectivity index (χ3n) is 0. The van der Waals surface area contributed by atoms with Gasteiger partial charge in [0.2, 0.25) is 0 Å². The molecule has 3 N–H and O–H groups in total. The van der Waals surface area contributed by atoms with Crippen molar-refractivity contribution in [2.24, 2.45) is 0 Å². The van der Waals surface area contributed by atoms with E-state index in [0.717, 1.165) is 0 Å². The molecular formula is H3Al2NO3. The van der Waals surface area contributed by atoms with Crippen molar-refractivity contribution in [2.45, 2.75) is 0 Å². The Labute approximate surface area is 57.7 Å². The van der Waals surface area contributed by atoms with E-state index in [0.29, 0.717) is 0 Å². The Balaban J connectivity index is 0. The zero-order valence-corrected chi connectivity index (χ0v) is 5.40. The fourth-order valence-corrected chi connectivity index (χ4v) is 0. The Morgan fingerprint density at radius 3 is 0.500 bits per heavy atom. The Morgan fingerprint density at radius 2 is 0.500 bits per heavy atom. The second-order valence-corrected chi connectivity index (χ2v) is 0. The molecule has 6 heavy (non-hydrogen) atoms.